The molecule has 0 bridgehead atoms. The molecule has 0 spiro atoms. The van der Waals surface area contributed by atoms with E-state index in [2.05, 4.69) is 33.6 Å². The van der Waals surface area contributed by atoms with Crippen molar-refractivity contribution >= 4 is 17.6 Å². The van der Waals surface area contributed by atoms with Crippen molar-refractivity contribution in [3.8, 4) is 0 Å². The number of aliphatic imine (C=N–C) groups is 1. The van der Waals surface area contributed by atoms with E-state index in [9.17, 15) is 0 Å². The van der Waals surface area contributed by atoms with Crippen molar-refractivity contribution in [2.75, 3.05) is 13.1 Å². The van der Waals surface area contributed by atoms with Gasteiger partial charge in [-0.2, -0.15) is 0 Å². The summed E-state index contributed by atoms with van der Waals surface area (Å²) in [5.74, 6) is 0.801. The second kappa shape index (κ2) is 9.05. The molecule has 0 aliphatic carbocycles. The van der Waals surface area contributed by atoms with E-state index in [0.717, 1.165) is 36.2 Å². The zero-order valence-corrected chi connectivity index (χ0v) is 13.5. The lowest BCUT2D eigenvalue weighted by atomic mass is 10.1. The van der Waals surface area contributed by atoms with Gasteiger partial charge in [0.2, 0.25) is 0 Å². The molecule has 2 aromatic rings. The van der Waals surface area contributed by atoms with Crippen molar-refractivity contribution < 1.29 is 0 Å². The number of nitrogens with one attached hydrogen (secondary N) is 2. The number of halogens is 1. The Kier molecular flexibility index (Phi) is 6.71. The molecule has 2 rings (SSSR count). The normalized spacial score (nSPS) is 11.3. The van der Waals surface area contributed by atoms with Crippen LogP contribution in [0, 0.1) is 0 Å². The molecule has 0 atom stereocenters. The number of pyridine rings is 1. The summed E-state index contributed by atoms with van der Waals surface area (Å²) < 4.78 is 0. The molecule has 0 radical (unpaired) electrons. The van der Waals surface area contributed by atoms with Crippen LogP contribution in [0.2, 0.25) is 5.02 Å². The van der Waals surface area contributed by atoms with Crippen molar-refractivity contribution in [2.24, 2.45) is 4.99 Å². The molecule has 0 aliphatic heterocycles. The van der Waals surface area contributed by atoms with Gasteiger partial charge in [0.1, 0.15) is 0 Å². The monoisotopic (exact) mass is 316 g/mol. The first-order chi connectivity index (χ1) is 10.8. The smallest absolute Gasteiger partial charge is 0.191 e. The number of benzene rings is 1. The molecular weight excluding hydrogens is 296 g/mol. The summed E-state index contributed by atoms with van der Waals surface area (Å²) in [5.41, 5.74) is 2.16. The minimum atomic E-state index is 0.563. The molecule has 0 saturated heterocycles. The van der Waals surface area contributed by atoms with Crippen LogP contribution >= 0.6 is 11.6 Å². The SMILES string of the molecule is CCNC(=NCc1ccccn1)NCCc1cccc(Cl)c1. The minimum Gasteiger partial charge on any atom is -0.357 e. The van der Waals surface area contributed by atoms with Gasteiger partial charge in [0.25, 0.3) is 0 Å². The number of aromatic nitrogens is 1. The van der Waals surface area contributed by atoms with Crippen LogP contribution in [0.3, 0.4) is 0 Å². The summed E-state index contributed by atoms with van der Waals surface area (Å²) in [5, 5.41) is 7.33. The third-order valence-corrected chi connectivity index (χ3v) is 3.30. The van der Waals surface area contributed by atoms with Gasteiger partial charge in [0.05, 0.1) is 12.2 Å². The third kappa shape index (κ3) is 5.74. The fourth-order valence-corrected chi connectivity index (χ4v) is 2.22. The molecule has 0 unspecified atom stereocenters. The standard InChI is InChI=1S/C17H21ClN4/c1-2-19-17(22-13-16-8-3-4-10-20-16)21-11-9-14-6-5-7-15(18)12-14/h3-8,10,12H,2,9,11,13H2,1H3,(H2,19,21,22). The summed E-state index contributed by atoms with van der Waals surface area (Å²) in [6.45, 7) is 4.24. The fraction of sp³-hybridized carbons (Fsp3) is 0.294. The van der Waals surface area contributed by atoms with Crippen LogP contribution in [0.1, 0.15) is 18.2 Å². The Labute approximate surface area is 136 Å². The highest BCUT2D eigenvalue weighted by Gasteiger charge is 1.99. The fourth-order valence-electron chi connectivity index (χ4n) is 2.01. The van der Waals surface area contributed by atoms with Crippen LogP contribution in [0.15, 0.2) is 53.7 Å². The third-order valence-electron chi connectivity index (χ3n) is 3.06. The van der Waals surface area contributed by atoms with Gasteiger partial charge in [-0.25, -0.2) is 4.99 Å². The summed E-state index contributed by atoms with van der Waals surface area (Å²) in [4.78, 5) is 8.81. The number of hydrogen-bond acceptors (Lipinski definition) is 2. The van der Waals surface area contributed by atoms with Crippen LogP contribution in [-0.4, -0.2) is 24.0 Å². The van der Waals surface area contributed by atoms with E-state index in [4.69, 9.17) is 11.6 Å². The van der Waals surface area contributed by atoms with Crippen molar-refractivity contribution in [3.05, 3.63) is 64.9 Å². The Morgan fingerprint density at radius 2 is 2.09 bits per heavy atom. The van der Waals surface area contributed by atoms with Crippen LogP contribution in [0.25, 0.3) is 0 Å². The summed E-state index contributed by atoms with van der Waals surface area (Å²) in [7, 11) is 0. The van der Waals surface area contributed by atoms with Crippen LogP contribution < -0.4 is 10.6 Å². The zero-order valence-electron chi connectivity index (χ0n) is 12.7. The highest BCUT2D eigenvalue weighted by Crippen LogP contribution is 2.10. The molecule has 2 N–H and O–H groups in total. The van der Waals surface area contributed by atoms with Crippen molar-refractivity contribution in [1.29, 1.82) is 0 Å². The maximum atomic E-state index is 5.99. The van der Waals surface area contributed by atoms with E-state index in [1.54, 1.807) is 6.20 Å². The van der Waals surface area contributed by atoms with E-state index in [-0.39, 0.29) is 0 Å². The van der Waals surface area contributed by atoms with Gasteiger partial charge < -0.3 is 10.6 Å². The van der Waals surface area contributed by atoms with Gasteiger partial charge in [-0.15, -0.1) is 0 Å². The van der Waals surface area contributed by atoms with Gasteiger partial charge in [-0.1, -0.05) is 29.8 Å². The zero-order chi connectivity index (χ0) is 15.6. The first-order valence-corrected chi connectivity index (χ1v) is 7.82. The second-order valence-electron chi connectivity index (χ2n) is 4.82. The van der Waals surface area contributed by atoms with Crippen molar-refractivity contribution in [3.63, 3.8) is 0 Å². The lowest BCUT2D eigenvalue weighted by Crippen LogP contribution is -2.38. The first-order valence-electron chi connectivity index (χ1n) is 7.44. The Morgan fingerprint density at radius 1 is 1.18 bits per heavy atom. The van der Waals surface area contributed by atoms with E-state index >= 15 is 0 Å². The van der Waals surface area contributed by atoms with Gasteiger partial charge in [-0.05, 0) is 43.2 Å². The maximum absolute atomic E-state index is 5.99. The number of nitrogens with zero attached hydrogens (tertiary/aromatic N) is 2. The van der Waals surface area contributed by atoms with E-state index in [0.29, 0.717) is 6.54 Å². The van der Waals surface area contributed by atoms with Gasteiger partial charge in [0, 0.05) is 24.3 Å². The molecule has 0 amide bonds. The topological polar surface area (TPSA) is 49.3 Å². The molecule has 22 heavy (non-hydrogen) atoms. The molecule has 116 valence electrons. The van der Waals surface area contributed by atoms with Gasteiger partial charge in [-0.3, -0.25) is 4.98 Å². The van der Waals surface area contributed by atoms with Crippen LogP contribution in [0.5, 0.6) is 0 Å². The molecule has 1 heterocycles. The van der Waals surface area contributed by atoms with E-state index in [1.165, 1.54) is 5.56 Å². The largest absolute Gasteiger partial charge is 0.357 e. The Balaban J connectivity index is 1.86. The summed E-state index contributed by atoms with van der Waals surface area (Å²) >= 11 is 5.99. The van der Waals surface area contributed by atoms with Crippen LogP contribution in [-0.2, 0) is 13.0 Å². The second-order valence-corrected chi connectivity index (χ2v) is 5.26. The predicted molar refractivity (Wildman–Crippen MR) is 92.2 cm³/mol. The first kappa shape index (κ1) is 16.3. The molecule has 4 nitrogen and oxygen atoms in total. The van der Waals surface area contributed by atoms with Crippen molar-refractivity contribution in [1.82, 2.24) is 15.6 Å². The van der Waals surface area contributed by atoms with Crippen LogP contribution in [0.4, 0.5) is 0 Å². The van der Waals surface area contributed by atoms with Gasteiger partial charge >= 0.3 is 0 Å². The average Bonchev–Trinajstić information content (AvgIpc) is 2.54. The highest BCUT2D eigenvalue weighted by molar-refractivity contribution is 6.30. The molecule has 1 aromatic heterocycles. The summed E-state index contributed by atoms with van der Waals surface area (Å²) in [6.07, 6.45) is 2.68. The van der Waals surface area contributed by atoms with E-state index < -0.39 is 0 Å². The predicted octanol–water partition coefficient (Wildman–Crippen LogP) is 3.03. The van der Waals surface area contributed by atoms with E-state index in [1.807, 2.05) is 36.4 Å². The van der Waals surface area contributed by atoms with Crippen molar-refractivity contribution in [2.45, 2.75) is 19.9 Å². The van der Waals surface area contributed by atoms with Gasteiger partial charge in [0.15, 0.2) is 5.96 Å². The number of guanidine groups is 1. The quantitative estimate of drug-likeness (QED) is 0.636. The molecule has 0 saturated carbocycles. The summed E-state index contributed by atoms with van der Waals surface area (Å²) in [6, 6.07) is 13.8. The molecule has 1 aromatic carbocycles. The molecule has 0 aliphatic rings. The molecule has 0 fully saturated rings. The lowest BCUT2D eigenvalue weighted by Gasteiger charge is -2.11. The minimum absolute atomic E-state index is 0.563. The lowest BCUT2D eigenvalue weighted by molar-refractivity contribution is 0.797. The molecule has 5 heteroatoms. The Morgan fingerprint density at radius 3 is 2.82 bits per heavy atom. The average molecular weight is 317 g/mol. The number of hydrogen-bond donors (Lipinski definition) is 2. The maximum Gasteiger partial charge on any atom is 0.191 e. The number of rotatable bonds is 6. The highest BCUT2D eigenvalue weighted by atomic mass is 35.5. The molecular formula is C17H21ClN4. The Hall–Kier alpha value is -2.07. The Bertz CT molecular complexity index is 599.